The van der Waals surface area contributed by atoms with E-state index < -0.39 is 0 Å². The molecule has 1 aliphatic rings. The molecule has 0 saturated carbocycles. The van der Waals surface area contributed by atoms with E-state index in [2.05, 4.69) is 58.5 Å². The summed E-state index contributed by atoms with van der Waals surface area (Å²) >= 11 is 9.12. The van der Waals surface area contributed by atoms with E-state index in [-0.39, 0.29) is 22.7 Å². The smallest absolute Gasteiger partial charge is 0.269 e. The number of hydrogen-bond donors (Lipinski definition) is 1. The number of thiocarbonyl (C=S) groups is 1. The Labute approximate surface area is 210 Å². The van der Waals surface area contributed by atoms with Crippen LogP contribution in [0.15, 0.2) is 94.9 Å². The van der Waals surface area contributed by atoms with Gasteiger partial charge < -0.3 is 10.2 Å². The number of nitro benzene ring substituents is 1. The molecule has 5 rings (SSSR count). The van der Waals surface area contributed by atoms with E-state index in [4.69, 9.17) is 12.2 Å². The van der Waals surface area contributed by atoms with Crippen LogP contribution in [0.4, 0.5) is 11.4 Å². The summed E-state index contributed by atoms with van der Waals surface area (Å²) in [6.07, 6.45) is 1.81. The molecule has 4 aromatic rings. The number of nitrogens with zero attached hydrogens (tertiary/aromatic N) is 3. The van der Waals surface area contributed by atoms with Gasteiger partial charge in [0.05, 0.1) is 22.7 Å². The predicted molar refractivity (Wildman–Crippen MR) is 141 cm³/mol. The first-order valence-corrected chi connectivity index (χ1v) is 12.6. The molecule has 2 aromatic carbocycles. The number of thiophene rings is 1. The quantitative estimate of drug-likeness (QED) is 0.178. The molecule has 2 aromatic heterocycles. The lowest BCUT2D eigenvalue weighted by atomic mass is 10.0. The molecule has 2 atom stereocenters. The molecule has 0 bridgehead atoms. The molecule has 0 amide bonds. The van der Waals surface area contributed by atoms with E-state index in [1.165, 1.54) is 21.9 Å². The Hall–Kier alpha value is -3.27. The van der Waals surface area contributed by atoms with Crippen LogP contribution in [0.25, 0.3) is 0 Å². The van der Waals surface area contributed by atoms with Crippen LogP contribution >= 0.6 is 35.3 Å². The summed E-state index contributed by atoms with van der Waals surface area (Å²) in [6.45, 7) is 2.11. The van der Waals surface area contributed by atoms with Crippen molar-refractivity contribution in [1.29, 1.82) is 0 Å². The van der Waals surface area contributed by atoms with Gasteiger partial charge in [-0.3, -0.25) is 15.1 Å². The third kappa shape index (κ3) is 4.54. The summed E-state index contributed by atoms with van der Waals surface area (Å²) in [5.74, 6) is 0. The highest BCUT2D eigenvalue weighted by Crippen LogP contribution is 2.44. The van der Waals surface area contributed by atoms with Crippen LogP contribution in [0.2, 0.25) is 0 Å². The van der Waals surface area contributed by atoms with Gasteiger partial charge in [0, 0.05) is 43.6 Å². The summed E-state index contributed by atoms with van der Waals surface area (Å²) in [5, 5.41) is 15.0. The minimum absolute atomic E-state index is 0.00530. The molecular weight excluding hydrogens is 485 g/mol. The summed E-state index contributed by atoms with van der Waals surface area (Å²) < 4.78 is 0. The molecule has 1 fully saturated rings. The number of non-ortho nitro benzene ring substituents is 1. The first-order valence-electron chi connectivity index (χ1n) is 10.6. The Morgan fingerprint density at radius 2 is 1.74 bits per heavy atom. The number of rotatable bonds is 6. The van der Waals surface area contributed by atoms with Gasteiger partial charge in [-0.25, -0.2) is 0 Å². The topological polar surface area (TPSA) is 71.3 Å². The van der Waals surface area contributed by atoms with Crippen molar-refractivity contribution in [3.63, 3.8) is 0 Å². The minimum Gasteiger partial charge on any atom is -0.351 e. The van der Waals surface area contributed by atoms with E-state index in [1.54, 1.807) is 35.2 Å². The molecule has 6 nitrogen and oxygen atoms in total. The number of anilines is 1. The maximum absolute atomic E-state index is 10.9. The highest BCUT2D eigenvalue weighted by atomic mass is 32.2. The average molecular weight is 505 g/mol. The maximum Gasteiger partial charge on any atom is 0.269 e. The fourth-order valence-electron chi connectivity index (χ4n) is 3.98. The summed E-state index contributed by atoms with van der Waals surface area (Å²) in [7, 11) is 0. The average Bonchev–Trinajstić information content (AvgIpc) is 3.43. The zero-order valence-corrected chi connectivity index (χ0v) is 20.6. The maximum atomic E-state index is 10.9. The fraction of sp³-hybridized carbons (Fsp3) is 0.120. The van der Waals surface area contributed by atoms with Crippen molar-refractivity contribution in [1.82, 2.24) is 10.3 Å². The van der Waals surface area contributed by atoms with Gasteiger partial charge in [-0.1, -0.05) is 17.8 Å². The number of nitrogens with one attached hydrogen (secondary N) is 1. The Balaban J connectivity index is 1.43. The highest BCUT2D eigenvalue weighted by molar-refractivity contribution is 7.99. The molecule has 0 unspecified atom stereocenters. The molecule has 3 heterocycles. The number of hydrogen-bond acceptors (Lipinski definition) is 6. The second-order valence-corrected chi connectivity index (χ2v) is 10.6. The molecular formula is C25H20N4O2S3. The Kier molecular flexibility index (Phi) is 6.32. The summed E-state index contributed by atoms with van der Waals surface area (Å²) in [4.78, 5) is 21.7. The van der Waals surface area contributed by atoms with E-state index >= 15 is 0 Å². The van der Waals surface area contributed by atoms with Gasteiger partial charge in [0.2, 0.25) is 0 Å². The highest BCUT2D eigenvalue weighted by Gasteiger charge is 2.41. The van der Waals surface area contributed by atoms with Crippen molar-refractivity contribution in [3.8, 4) is 0 Å². The lowest BCUT2D eigenvalue weighted by Gasteiger charge is -2.27. The van der Waals surface area contributed by atoms with Crippen LogP contribution in [0.1, 0.15) is 27.5 Å². The second-order valence-electron chi connectivity index (χ2n) is 7.79. The third-order valence-electron chi connectivity index (χ3n) is 5.55. The van der Waals surface area contributed by atoms with Crippen LogP contribution in [-0.2, 0) is 0 Å². The van der Waals surface area contributed by atoms with E-state index in [0.29, 0.717) is 5.11 Å². The predicted octanol–water partition coefficient (Wildman–Crippen LogP) is 6.69. The number of nitro groups is 1. The first-order chi connectivity index (χ1) is 16.5. The second kappa shape index (κ2) is 9.54. The molecule has 1 saturated heterocycles. The van der Waals surface area contributed by atoms with E-state index in [0.717, 1.165) is 21.2 Å². The van der Waals surface area contributed by atoms with Gasteiger partial charge in [-0.15, -0.1) is 11.3 Å². The normalized spacial score (nSPS) is 17.6. The number of aromatic nitrogens is 1. The Morgan fingerprint density at radius 1 is 1.03 bits per heavy atom. The third-order valence-corrected chi connectivity index (χ3v) is 7.95. The van der Waals surface area contributed by atoms with Crippen molar-refractivity contribution in [3.05, 3.63) is 111 Å². The fourth-order valence-corrected chi connectivity index (χ4v) is 6.15. The Bertz CT molecular complexity index is 1320. The van der Waals surface area contributed by atoms with E-state index in [9.17, 15) is 10.1 Å². The molecule has 170 valence electrons. The molecule has 0 aliphatic carbocycles. The standard InChI is InChI=1S/C25H20N4O2S3/c1-16-5-14-22(33-16)24-23(21-4-2-3-15-26-21)27-25(32)28(24)17-6-10-19(11-7-17)34-20-12-8-18(9-13-20)29(30)31/h2-15,23-24H,1H3,(H,27,32)/t23-,24-/m1/s1. The van der Waals surface area contributed by atoms with Gasteiger partial charge in [0.15, 0.2) is 5.11 Å². The molecule has 0 radical (unpaired) electrons. The molecule has 9 heteroatoms. The SMILES string of the molecule is Cc1ccc([C@@H]2[C@@H](c3ccccn3)NC(=S)N2c2ccc(Sc3ccc([N+](=O)[O-])cc3)cc2)s1. The zero-order valence-electron chi connectivity index (χ0n) is 18.1. The van der Waals surface area contributed by atoms with Crippen LogP contribution < -0.4 is 10.2 Å². The Morgan fingerprint density at radius 3 is 2.32 bits per heavy atom. The van der Waals surface area contributed by atoms with Crippen molar-refractivity contribution in [2.45, 2.75) is 28.8 Å². The van der Waals surface area contributed by atoms with Crippen LogP contribution in [0.3, 0.4) is 0 Å². The summed E-state index contributed by atoms with van der Waals surface area (Å²) in [5.41, 5.74) is 2.04. The van der Waals surface area contributed by atoms with Crippen molar-refractivity contribution >= 4 is 51.8 Å². The summed E-state index contributed by atoms with van der Waals surface area (Å²) in [6, 6.07) is 25.0. The van der Waals surface area contributed by atoms with Crippen LogP contribution in [-0.4, -0.2) is 15.0 Å². The molecule has 1 N–H and O–H groups in total. The van der Waals surface area contributed by atoms with Crippen molar-refractivity contribution < 1.29 is 4.92 Å². The number of benzene rings is 2. The van der Waals surface area contributed by atoms with Gasteiger partial charge >= 0.3 is 0 Å². The van der Waals surface area contributed by atoms with Gasteiger partial charge in [0.25, 0.3) is 5.69 Å². The zero-order chi connectivity index (χ0) is 23.7. The molecule has 0 spiro atoms. The van der Waals surface area contributed by atoms with Crippen molar-refractivity contribution in [2.75, 3.05) is 4.90 Å². The molecule has 34 heavy (non-hydrogen) atoms. The first kappa shape index (κ1) is 22.5. The van der Waals surface area contributed by atoms with Gasteiger partial charge in [0.1, 0.15) is 0 Å². The number of aryl methyl sites for hydroxylation is 1. The van der Waals surface area contributed by atoms with Crippen LogP contribution in [0.5, 0.6) is 0 Å². The largest absolute Gasteiger partial charge is 0.351 e. The lowest BCUT2D eigenvalue weighted by molar-refractivity contribution is -0.384. The van der Waals surface area contributed by atoms with Gasteiger partial charge in [-0.2, -0.15) is 0 Å². The van der Waals surface area contributed by atoms with Gasteiger partial charge in [-0.05, 0) is 79.8 Å². The number of pyridine rings is 1. The lowest BCUT2D eigenvalue weighted by Crippen LogP contribution is -2.29. The molecule has 1 aliphatic heterocycles. The monoisotopic (exact) mass is 504 g/mol. The minimum atomic E-state index is -0.389. The van der Waals surface area contributed by atoms with Crippen molar-refractivity contribution in [2.24, 2.45) is 0 Å². The van der Waals surface area contributed by atoms with E-state index in [1.807, 2.05) is 24.4 Å². The van der Waals surface area contributed by atoms with Crippen LogP contribution in [0, 0.1) is 17.0 Å².